The number of carbonyl (C=O) groups is 8. The van der Waals surface area contributed by atoms with Gasteiger partial charge in [0.15, 0.2) is 0 Å². The van der Waals surface area contributed by atoms with E-state index in [9.17, 15) is 38.4 Å². The van der Waals surface area contributed by atoms with Crippen LogP contribution in [0, 0.1) is 0 Å². The fourth-order valence-electron chi connectivity index (χ4n) is 7.47. The Balaban J connectivity index is 1.62. The van der Waals surface area contributed by atoms with Gasteiger partial charge in [-0.3, -0.25) is 4.99 Å². The third-order valence-electron chi connectivity index (χ3n) is 11.6. The molecule has 4 N–H and O–H groups in total. The number of alkyl carbamates (subject to hydrolysis) is 4. The fraction of sp³-hybridized carbons (Fsp3) is 0.350. The summed E-state index contributed by atoms with van der Waals surface area (Å²) in [5.41, 5.74) is 8.33. The van der Waals surface area contributed by atoms with E-state index in [-0.39, 0.29) is 128 Å². The normalized spacial score (nSPS) is 11.5. The highest BCUT2D eigenvalue weighted by Crippen LogP contribution is 2.38. The molecule has 3 aromatic rings. The average molecular weight is 1150 g/mol. The number of carbonyl (C=O) groups excluding carboxylic acids is 8. The number of nitrogens with one attached hydrogen (secondary N) is 4. The van der Waals surface area contributed by atoms with Gasteiger partial charge in [-0.15, -0.1) is 0 Å². The summed E-state index contributed by atoms with van der Waals surface area (Å²) in [6.45, 7) is 20.2. The molecule has 3 aromatic carbocycles. The predicted molar refractivity (Wildman–Crippen MR) is 312 cm³/mol. The van der Waals surface area contributed by atoms with E-state index in [1.807, 2.05) is 94.7 Å². The Morgan fingerprint density at radius 2 is 0.711 bits per heavy atom. The largest absolute Gasteiger partial charge is 0.460 e. The maximum atomic E-state index is 12.6. The van der Waals surface area contributed by atoms with Crippen LogP contribution in [0.4, 0.5) is 30.6 Å². The Bertz CT molecular complexity index is 2660. The summed E-state index contributed by atoms with van der Waals surface area (Å²) < 4.78 is 41.9. The number of aliphatic imine (C=N–C) groups is 1. The minimum atomic E-state index is -0.737. The molecule has 0 aromatic heterocycles. The van der Waals surface area contributed by atoms with Gasteiger partial charge in [0.1, 0.15) is 52.9 Å². The van der Waals surface area contributed by atoms with Crippen LogP contribution in [0.5, 0.6) is 0 Å². The molecule has 0 unspecified atom stereocenters. The van der Waals surface area contributed by atoms with Crippen LogP contribution in [-0.2, 0) is 57.1 Å². The number of esters is 4. The van der Waals surface area contributed by atoms with Crippen LogP contribution in [-0.4, -0.2) is 166 Å². The van der Waals surface area contributed by atoms with Gasteiger partial charge in [0, 0.05) is 46.3 Å². The lowest BCUT2D eigenvalue weighted by molar-refractivity contribution is -0.139. The van der Waals surface area contributed by atoms with Crippen molar-refractivity contribution in [2.24, 2.45) is 4.99 Å². The van der Waals surface area contributed by atoms with E-state index >= 15 is 0 Å². The topological polar surface area (TPSA) is 277 Å². The molecule has 0 radical (unpaired) electrons. The van der Waals surface area contributed by atoms with Crippen molar-refractivity contribution in [1.82, 2.24) is 21.3 Å². The number of hydrogen-bond acceptors (Lipinski definition) is 19. The van der Waals surface area contributed by atoms with Gasteiger partial charge in [0.05, 0.1) is 58.1 Å². The number of fused-ring (bicyclic) bond motifs is 1. The monoisotopic (exact) mass is 1150 g/mol. The Hall–Kier alpha value is -9.67. The van der Waals surface area contributed by atoms with Gasteiger partial charge in [0.2, 0.25) is 0 Å². The maximum Gasteiger partial charge on any atom is 0.407 e. The van der Waals surface area contributed by atoms with Crippen LogP contribution in [0.15, 0.2) is 139 Å². The zero-order chi connectivity index (χ0) is 60.7. The Kier molecular flexibility index (Phi) is 27.9. The molecule has 444 valence electrons. The highest BCUT2D eigenvalue weighted by Gasteiger charge is 2.22. The number of anilines is 2. The van der Waals surface area contributed by atoms with E-state index in [1.54, 1.807) is 7.05 Å². The first-order valence-corrected chi connectivity index (χ1v) is 26.4. The van der Waals surface area contributed by atoms with E-state index in [0.717, 1.165) is 39.1 Å². The summed E-state index contributed by atoms with van der Waals surface area (Å²) in [5, 5.41) is 10.2. The van der Waals surface area contributed by atoms with Crippen LogP contribution in [0.2, 0.25) is 0 Å². The van der Waals surface area contributed by atoms with E-state index in [0.29, 0.717) is 11.4 Å². The molecule has 0 atom stereocenters. The molecule has 83 heavy (non-hydrogen) atoms. The fourth-order valence-corrected chi connectivity index (χ4v) is 7.47. The molecule has 0 bridgehead atoms. The molecular formula is C60H73N7O16. The zero-order valence-corrected chi connectivity index (χ0v) is 47.6. The number of amides is 4. The first-order chi connectivity index (χ1) is 39.8. The number of benzene rings is 3. The molecule has 4 amide bonds. The lowest BCUT2D eigenvalue weighted by Gasteiger charge is -2.26. The molecule has 1 aliphatic carbocycles. The second-order valence-electron chi connectivity index (χ2n) is 18.3. The molecule has 23 heteroatoms. The minimum absolute atomic E-state index is 0.00768. The third kappa shape index (κ3) is 23.1. The van der Waals surface area contributed by atoms with Crippen molar-refractivity contribution in [2.75, 3.05) is 122 Å². The first-order valence-electron chi connectivity index (χ1n) is 26.4. The lowest BCUT2D eigenvalue weighted by atomic mass is 9.83. The maximum absolute atomic E-state index is 12.6. The molecule has 0 saturated carbocycles. The van der Waals surface area contributed by atoms with Gasteiger partial charge in [-0.2, -0.15) is 0 Å². The second-order valence-corrected chi connectivity index (χ2v) is 18.3. The summed E-state index contributed by atoms with van der Waals surface area (Å²) in [7, 11) is 1.73. The number of hydrogen-bond donors (Lipinski definition) is 4. The molecule has 0 saturated heterocycles. The van der Waals surface area contributed by atoms with Crippen molar-refractivity contribution in [1.29, 1.82) is 0 Å². The molecule has 23 nitrogen and oxygen atoms in total. The van der Waals surface area contributed by atoms with Crippen LogP contribution >= 0.6 is 0 Å². The van der Waals surface area contributed by atoms with Crippen LogP contribution < -0.4 is 31.1 Å². The predicted octanol–water partition coefficient (Wildman–Crippen LogP) is 6.63. The van der Waals surface area contributed by atoms with Crippen LogP contribution in [0.3, 0.4) is 0 Å². The van der Waals surface area contributed by atoms with Crippen molar-refractivity contribution in [3.63, 3.8) is 0 Å². The highest BCUT2D eigenvalue weighted by molar-refractivity contribution is 6.19. The van der Waals surface area contributed by atoms with Crippen molar-refractivity contribution >= 4 is 76.5 Å². The summed E-state index contributed by atoms with van der Waals surface area (Å²) in [6.07, 6.45) is 1.02. The van der Waals surface area contributed by atoms with Gasteiger partial charge >= 0.3 is 48.3 Å². The standard InChI is InChI=1S/C60H73N7O16/c1-40(2)53(68)76-32-24-62-57(72)80-36-28-66(29-37-81-58(73)63-25-33-77-54(69)41(3)4)46-18-14-44(15-19-46)52(50-22-23-51(61-9)49-13-11-10-12-48(49)50)45-16-20-47(21-17-45)67(30-38-82-59(74)64-26-34-78-55(70)42(5)6)31-39-83-60(75)65-27-35-79-56(71)43(7)8/h10-23H,1,3,5,7,24-39H2,2,4,6,8-9H3,(H,62,72)(H,63,73)(H,64,74)(H,65,75). The highest BCUT2D eigenvalue weighted by atomic mass is 16.6. The first kappa shape index (κ1) is 65.8. The van der Waals surface area contributed by atoms with Crippen molar-refractivity contribution in [3.05, 3.63) is 156 Å². The lowest BCUT2D eigenvalue weighted by Crippen LogP contribution is -2.36. The van der Waals surface area contributed by atoms with Crippen LogP contribution in [0.1, 0.15) is 49.9 Å². The number of nitrogens with zero attached hydrogens (tertiary/aromatic N) is 3. The minimum Gasteiger partial charge on any atom is -0.460 e. The van der Waals surface area contributed by atoms with E-state index in [1.165, 1.54) is 27.7 Å². The second kappa shape index (κ2) is 35.1. The molecule has 4 rings (SSSR count). The molecule has 0 aliphatic heterocycles. The third-order valence-corrected chi connectivity index (χ3v) is 11.6. The van der Waals surface area contributed by atoms with E-state index in [4.69, 9.17) is 37.9 Å². The molecular weight excluding hydrogens is 1070 g/mol. The number of ether oxygens (including phenoxy) is 8. The smallest absolute Gasteiger partial charge is 0.407 e. The molecule has 0 spiro atoms. The van der Waals surface area contributed by atoms with Gasteiger partial charge in [-0.05, 0) is 85.9 Å². The van der Waals surface area contributed by atoms with Crippen molar-refractivity contribution in [3.8, 4) is 0 Å². The SMILES string of the molecule is C=C(C)C(=O)OCCNC(=O)OCCN(CCOC(=O)NCCOC(=O)C(=C)C)c1ccc(C(=C2C=CC(=NC)c3ccccc32)c2ccc(N(CCOC(=O)NCCOC(=O)C(=C)C)CCOC(=O)NCCOC(=O)C(=C)C)cc2)cc1. The van der Waals surface area contributed by atoms with Gasteiger partial charge in [-0.1, -0.05) is 80.9 Å². The van der Waals surface area contributed by atoms with Gasteiger partial charge in [-0.25, -0.2) is 38.4 Å². The average Bonchev–Trinajstić information content (AvgIpc) is 3.67. The van der Waals surface area contributed by atoms with E-state index < -0.39 is 48.3 Å². The summed E-state index contributed by atoms with van der Waals surface area (Å²) >= 11 is 0. The molecule has 0 heterocycles. The van der Waals surface area contributed by atoms with Gasteiger partial charge in [0.25, 0.3) is 0 Å². The van der Waals surface area contributed by atoms with Crippen molar-refractivity contribution < 1.29 is 76.3 Å². The zero-order valence-electron chi connectivity index (χ0n) is 47.6. The Morgan fingerprint density at radius 1 is 0.410 bits per heavy atom. The molecule has 0 fully saturated rings. The quantitative estimate of drug-likeness (QED) is 0.0221. The van der Waals surface area contributed by atoms with Crippen molar-refractivity contribution in [2.45, 2.75) is 27.7 Å². The number of rotatable bonds is 32. The van der Waals surface area contributed by atoms with Crippen LogP contribution in [0.25, 0.3) is 11.1 Å². The van der Waals surface area contributed by atoms with E-state index in [2.05, 4.69) is 52.6 Å². The summed E-state index contributed by atoms with van der Waals surface area (Å²) in [4.78, 5) is 106. The Labute approximate surface area is 483 Å². The summed E-state index contributed by atoms with van der Waals surface area (Å²) in [5.74, 6) is -2.34. The van der Waals surface area contributed by atoms with Gasteiger partial charge < -0.3 is 69.0 Å². The number of allylic oxidation sites excluding steroid dienone is 3. The Morgan fingerprint density at radius 3 is 1.00 bits per heavy atom. The summed E-state index contributed by atoms with van der Waals surface area (Å²) in [6, 6.07) is 23.3. The molecule has 1 aliphatic rings.